The molecule has 9 nitrogen and oxygen atoms in total. The van der Waals surface area contributed by atoms with E-state index in [4.69, 9.17) is 8.37 Å². The maximum absolute atomic E-state index is 13.4. The van der Waals surface area contributed by atoms with Crippen molar-refractivity contribution < 1.29 is 30.0 Å². The van der Waals surface area contributed by atoms with Crippen molar-refractivity contribution in [2.75, 3.05) is 10.6 Å². The first-order valence-electron chi connectivity index (χ1n) is 14.6. The Morgan fingerprint density at radius 2 is 1.04 bits per heavy atom. The van der Waals surface area contributed by atoms with E-state index in [0.717, 1.165) is 11.1 Å². The second-order valence-electron chi connectivity index (χ2n) is 10.4. The zero-order valence-electron chi connectivity index (χ0n) is 25.2. The molecule has 0 aromatic heterocycles. The minimum absolute atomic E-state index is 0.00443. The van der Waals surface area contributed by atoms with Crippen molar-refractivity contribution in [3.8, 4) is 33.8 Å². The molecule has 6 aromatic rings. The van der Waals surface area contributed by atoms with E-state index in [1.54, 1.807) is 54.6 Å². The predicted octanol–water partition coefficient (Wildman–Crippen LogP) is 8.20. The third-order valence-corrected chi connectivity index (χ3v) is 9.70. The first kappa shape index (κ1) is 32.0. The standard InChI is InChI=1S/C37H28N2O7S2/c40-37(38-30-21-23-31(24-22-30)45-47(41,42)32-25-19-28(20-26-32)27-11-3-1-4-12-27)39-34-16-8-9-17-35(34)46-48(43,44)36-18-10-7-15-33(36)29-13-5-2-6-14-29/h1-26H,(H2,38,39,40). The first-order valence-corrected chi connectivity index (χ1v) is 17.5. The molecule has 0 bridgehead atoms. The van der Waals surface area contributed by atoms with Crippen LogP contribution in [0.1, 0.15) is 0 Å². The minimum Gasteiger partial charge on any atom is -0.379 e. The van der Waals surface area contributed by atoms with Gasteiger partial charge in [0.15, 0.2) is 5.75 Å². The molecule has 0 heterocycles. The quantitative estimate of drug-likeness (QED) is 0.140. The summed E-state index contributed by atoms with van der Waals surface area (Å²) in [6.07, 6.45) is 0. The molecule has 0 aliphatic rings. The first-order chi connectivity index (χ1) is 23.2. The smallest absolute Gasteiger partial charge is 0.339 e. The summed E-state index contributed by atoms with van der Waals surface area (Å²) in [5.41, 5.74) is 3.44. The van der Waals surface area contributed by atoms with Crippen LogP contribution in [0.25, 0.3) is 22.3 Å². The summed E-state index contributed by atoms with van der Waals surface area (Å²) in [5, 5.41) is 5.23. The molecule has 0 unspecified atom stereocenters. The van der Waals surface area contributed by atoms with Gasteiger partial charge < -0.3 is 19.0 Å². The van der Waals surface area contributed by atoms with E-state index < -0.39 is 26.3 Å². The van der Waals surface area contributed by atoms with Crippen LogP contribution in [0.2, 0.25) is 0 Å². The maximum Gasteiger partial charge on any atom is 0.339 e. The predicted molar refractivity (Wildman–Crippen MR) is 185 cm³/mol. The minimum atomic E-state index is -4.30. The van der Waals surface area contributed by atoms with E-state index in [2.05, 4.69) is 10.6 Å². The highest BCUT2D eigenvalue weighted by atomic mass is 32.2. The normalized spacial score (nSPS) is 11.3. The third kappa shape index (κ3) is 7.55. The summed E-state index contributed by atoms with van der Waals surface area (Å²) >= 11 is 0. The molecule has 0 aliphatic heterocycles. The second kappa shape index (κ2) is 13.8. The number of nitrogens with one attached hydrogen (secondary N) is 2. The van der Waals surface area contributed by atoms with Gasteiger partial charge in [-0.3, -0.25) is 0 Å². The summed E-state index contributed by atoms with van der Waals surface area (Å²) in [6, 6.07) is 42.7. The molecular formula is C37H28N2O7S2. The Bertz CT molecular complexity index is 2260. The van der Waals surface area contributed by atoms with Crippen molar-refractivity contribution in [1.82, 2.24) is 0 Å². The van der Waals surface area contributed by atoms with Gasteiger partial charge >= 0.3 is 26.3 Å². The van der Waals surface area contributed by atoms with Gasteiger partial charge in [0.05, 0.1) is 5.69 Å². The zero-order valence-corrected chi connectivity index (χ0v) is 26.8. The lowest BCUT2D eigenvalue weighted by molar-refractivity contribution is 0.262. The van der Waals surface area contributed by atoms with Crippen molar-refractivity contribution in [1.29, 1.82) is 0 Å². The number of carbonyl (C=O) groups excluding carboxylic acids is 1. The summed E-state index contributed by atoms with van der Waals surface area (Å²) in [4.78, 5) is 12.9. The Hall–Kier alpha value is -5.91. The van der Waals surface area contributed by atoms with Crippen LogP contribution in [0.15, 0.2) is 168 Å². The SMILES string of the molecule is O=C(Nc1ccc(OS(=O)(=O)c2ccc(-c3ccccc3)cc2)cc1)Nc1ccccc1OS(=O)(=O)c1ccccc1-c1ccccc1. The van der Waals surface area contributed by atoms with Crippen LogP contribution < -0.4 is 19.0 Å². The lowest BCUT2D eigenvalue weighted by Gasteiger charge is -2.15. The lowest BCUT2D eigenvalue weighted by atomic mass is 10.1. The fraction of sp³-hybridized carbons (Fsp3) is 0. The molecule has 0 saturated carbocycles. The highest BCUT2D eigenvalue weighted by molar-refractivity contribution is 7.87. The highest BCUT2D eigenvalue weighted by Gasteiger charge is 2.23. The molecule has 0 aliphatic carbocycles. The van der Waals surface area contributed by atoms with Crippen molar-refractivity contribution in [3.63, 3.8) is 0 Å². The monoisotopic (exact) mass is 676 g/mol. The van der Waals surface area contributed by atoms with Gasteiger partial charge in [-0.15, -0.1) is 0 Å². The molecule has 48 heavy (non-hydrogen) atoms. The molecule has 0 radical (unpaired) electrons. The third-order valence-electron chi connectivity index (χ3n) is 7.14. The number of amides is 2. The van der Waals surface area contributed by atoms with Crippen LogP contribution in [0.4, 0.5) is 16.2 Å². The summed E-state index contributed by atoms with van der Waals surface area (Å²) in [6.45, 7) is 0. The van der Waals surface area contributed by atoms with Crippen LogP contribution in [0, 0.1) is 0 Å². The lowest BCUT2D eigenvalue weighted by Crippen LogP contribution is -2.20. The molecular weight excluding hydrogens is 649 g/mol. The van der Waals surface area contributed by atoms with Crippen LogP contribution in [0.3, 0.4) is 0 Å². The van der Waals surface area contributed by atoms with Gasteiger partial charge in [0.1, 0.15) is 15.5 Å². The number of carbonyl (C=O) groups is 1. The molecule has 2 amide bonds. The van der Waals surface area contributed by atoms with Crippen LogP contribution in [-0.2, 0) is 20.2 Å². The number of para-hydroxylation sites is 2. The van der Waals surface area contributed by atoms with Crippen LogP contribution >= 0.6 is 0 Å². The van der Waals surface area contributed by atoms with Crippen molar-refractivity contribution >= 4 is 37.6 Å². The maximum atomic E-state index is 13.4. The number of benzene rings is 6. The van der Waals surface area contributed by atoms with Gasteiger partial charge in [0.25, 0.3) is 0 Å². The molecule has 6 aromatic carbocycles. The average molecular weight is 677 g/mol. The number of hydrogen-bond donors (Lipinski definition) is 2. The Kier molecular flexibility index (Phi) is 9.24. The van der Waals surface area contributed by atoms with Gasteiger partial charge in [-0.25, -0.2) is 4.79 Å². The number of urea groups is 1. The molecule has 11 heteroatoms. The Morgan fingerprint density at radius 1 is 0.479 bits per heavy atom. The molecule has 0 fully saturated rings. The van der Waals surface area contributed by atoms with Gasteiger partial charge in [-0.2, -0.15) is 16.8 Å². The van der Waals surface area contributed by atoms with Crippen LogP contribution in [0.5, 0.6) is 11.5 Å². The average Bonchev–Trinajstić information content (AvgIpc) is 3.10. The van der Waals surface area contributed by atoms with E-state index in [1.807, 2.05) is 48.5 Å². The fourth-order valence-corrected chi connectivity index (χ4v) is 6.95. The van der Waals surface area contributed by atoms with Crippen molar-refractivity contribution in [3.05, 3.63) is 158 Å². The fourth-order valence-electron chi connectivity index (χ4n) is 4.84. The number of anilines is 2. The number of rotatable bonds is 10. The Morgan fingerprint density at radius 3 is 1.73 bits per heavy atom. The molecule has 0 atom stereocenters. The van der Waals surface area contributed by atoms with Crippen molar-refractivity contribution in [2.24, 2.45) is 0 Å². The molecule has 0 spiro atoms. The van der Waals surface area contributed by atoms with E-state index in [-0.39, 0.29) is 27.0 Å². The van der Waals surface area contributed by atoms with E-state index in [9.17, 15) is 21.6 Å². The Labute approximate surface area is 278 Å². The van der Waals surface area contributed by atoms with Gasteiger partial charge in [0.2, 0.25) is 0 Å². The van der Waals surface area contributed by atoms with E-state index >= 15 is 0 Å². The number of hydrogen-bond acceptors (Lipinski definition) is 7. The topological polar surface area (TPSA) is 128 Å². The van der Waals surface area contributed by atoms with Crippen LogP contribution in [-0.4, -0.2) is 22.9 Å². The van der Waals surface area contributed by atoms with Crippen molar-refractivity contribution in [2.45, 2.75) is 9.79 Å². The van der Waals surface area contributed by atoms with Gasteiger partial charge in [0, 0.05) is 11.3 Å². The summed E-state index contributed by atoms with van der Waals surface area (Å²) in [7, 11) is -8.41. The van der Waals surface area contributed by atoms with E-state index in [0.29, 0.717) is 16.8 Å². The highest BCUT2D eigenvalue weighted by Crippen LogP contribution is 2.32. The zero-order chi connectivity index (χ0) is 33.6. The molecule has 240 valence electrons. The Balaban J connectivity index is 1.10. The molecule has 6 rings (SSSR count). The largest absolute Gasteiger partial charge is 0.379 e. The van der Waals surface area contributed by atoms with E-state index in [1.165, 1.54) is 54.6 Å². The molecule has 0 saturated heterocycles. The summed E-state index contributed by atoms with van der Waals surface area (Å²) < 4.78 is 63.4. The van der Waals surface area contributed by atoms with Gasteiger partial charge in [-0.1, -0.05) is 103 Å². The van der Waals surface area contributed by atoms with Gasteiger partial charge in [-0.05, 0) is 71.3 Å². The second-order valence-corrected chi connectivity index (χ2v) is 13.5. The summed E-state index contributed by atoms with van der Waals surface area (Å²) in [5.74, 6) is -0.0332. The molecule has 2 N–H and O–H groups in total.